The number of anilines is 1. The van der Waals surface area contributed by atoms with Crippen LogP contribution >= 0.6 is 11.6 Å². The molecule has 2 aromatic heterocycles. The second-order valence-electron chi connectivity index (χ2n) is 9.13. The van der Waals surface area contributed by atoms with Crippen LogP contribution < -0.4 is 5.73 Å². The second kappa shape index (κ2) is 5.72. The monoisotopic (exact) mass is 407 g/mol. The molecule has 2 aliphatic carbocycles. The molecule has 1 aliphatic heterocycles. The Labute approximate surface area is 167 Å². The van der Waals surface area contributed by atoms with Gasteiger partial charge in [-0.2, -0.15) is 5.10 Å². The van der Waals surface area contributed by atoms with Crippen LogP contribution in [-0.4, -0.2) is 44.4 Å². The predicted octanol–water partition coefficient (Wildman–Crippen LogP) is 3.72. The van der Waals surface area contributed by atoms with E-state index < -0.39 is 11.4 Å². The molecule has 0 bridgehead atoms. The third kappa shape index (κ3) is 2.72. The van der Waals surface area contributed by atoms with E-state index >= 15 is 0 Å². The van der Waals surface area contributed by atoms with E-state index in [0.29, 0.717) is 24.0 Å². The van der Waals surface area contributed by atoms with Gasteiger partial charge in [-0.1, -0.05) is 11.6 Å². The van der Waals surface area contributed by atoms with E-state index in [1.54, 1.807) is 9.58 Å². The number of carbonyl (C=O) groups excluding carboxylic acids is 1. The molecule has 5 rings (SSSR count). The molecule has 2 aromatic rings. The molecule has 1 unspecified atom stereocenters. The number of carbonyl (C=O) groups is 1. The van der Waals surface area contributed by atoms with Crippen LogP contribution in [0.5, 0.6) is 0 Å². The van der Waals surface area contributed by atoms with Crippen molar-refractivity contribution in [1.29, 1.82) is 0 Å². The topological polar surface area (TPSA) is 86.3 Å². The normalized spacial score (nSPS) is 26.6. The first-order chi connectivity index (χ1) is 13.2. The lowest BCUT2D eigenvalue weighted by atomic mass is 10.1. The van der Waals surface area contributed by atoms with Gasteiger partial charge in [-0.25, -0.2) is 14.2 Å². The first-order valence-corrected chi connectivity index (χ1v) is 10.0. The van der Waals surface area contributed by atoms with E-state index in [0.717, 1.165) is 18.5 Å². The van der Waals surface area contributed by atoms with E-state index in [1.807, 2.05) is 20.8 Å². The van der Waals surface area contributed by atoms with Gasteiger partial charge in [-0.3, -0.25) is 4.68 Å². The zero-order chi connectivity index (χ0) is 20.0. The molecular weight excluding hydrogens is 385 g/mol. The van der Waals surface area contributed by atoms with Gasteiger partial charge in [0.15, 0.2) is 11.0 Å². The molecule has 9 heteroatoms. The second-order valence-corrected chi connectivity index (χ2v) is 9.48. The molecule has 2 N–H and O–H groups in total. The van der Waals surface area contributed by atoms with Crippen LogP contribution in [0, 0.1) is 17.7 Å². The van der Waals surface area contributed by atoms with Gasteiger partial charge in [0.25, 0.3) is 0 Å². The third-order valence-electron chi connectivity index (χ3n) is 5.86. The number of nitrogens with two attached hydrogens (primary N) is 1. The van der Waals surface area contributed by atoms with E-state index in [2.05, 4.69) is 4.98 Å². The lowest BCUT2D eigenvalue weighted by Gasteiger charge is -2.25. The molecule has 7 nitrogen and oxygen atoms in total. The smallest absolute Gasteiger partial charge is 0.410 e. The van der Waals surface area contributed by atoms with Gasteiger partial charge in [0.1, 0.15) is 16.9 Å². The molecule has 150 valence electrons. The molecular formula is C19H23ClFN5O2. The highest BCUT2D eigenvalue weighted by molar-refractivity contribution is 6.30. The number of halogens is 2. The lowest BCUT2D eigenvalue weighted by molar-refractivity contribution is 0.0271. The number of piperidine rings is 1. The Morgan fingerprint density at radius 1 is 1.29 bits per heavy atom. The lowest BCUT2D eigenvalue weighted by Crippen LogP contribution is -2.36. The van der Waals surface area contributed by atoms with E-state index in [1.165, 1.54) is 0 Å². The van der Waals surface area contributed by atoms with Gasteiger partial charge in [-0.15, -0.1) is 0 Å². The molecule has 0 aromatic carbocycles. The summed E-state index contributed by atoms with van der Waals surface area (Å²) in [6, 6.07) is 0.195. The fourth-order valence-electron chi connectivity index (χ4n) is 4.45. The summed E-state index contributed by atoms with van der Waals surface area (Å²) in [7, 11) is 0. The summed E-state index contributed by atoms with van der Waals surface area (Å²) in [6.45, 7) is 6.81. The van der Waals surface area contributed by atoms with Gasteiger partial charge in [0.05, 0.1) is 17.1 Å². The Hall–Kier alpha value is -2.09. The van der Waals surface area contributed by atoms with Crippen LogP contribution in [0.1, 0.15) is 51.3 Å². The number of nitrogen functional groups attached to an aromatic ring is 1. The Kier molecular flexibility index (Phi) is 3.67. The standard InChI is InChI=1S/C19H23ClFN5O2/c1-19(2,3)28-18(27)25-6-9-10(7-25)11(9)14-12-15(26(24-14)8-4-5-8)13(21)16(20)23-17(12)22/h8-11H,4-7H2,1-3H3,(H2,22,23)/t9-,10+,11?. The van der Waals surface area contributed by atoms with Crippen LogP contribution in [0.3, 0.4) is 0 Å². The van der Waals surface area contributed by atoms with Crippen molar-refractivity contribution in [2.24, 2.45) is 11.8 Å². The van der Waals surface area contributed by atoms with Gasteiger partial charge in [0, 0.05) is 19.0 Å². The summed E-state index contributed by atoms with van der Waals surface area (Å²) in [5.74, 6) is 0.397. The maximum Gasteiger partial charge on any atom is 0.410 e. The first-order valence-electron chi connectivity index (χ1n) is 9.66. The molecule has 3 heterocycles. The van der Waals surface area contributed by atoms with E-state index in [9.17, 15) is 9.18 Å². The molecule has 28 heavy (non-hydrogen) atoms. The highest BCUT2D eigenvalue weighted by atomic mass is 35.5. The minimum absolute atomic E-state index is 0.158. The fraction of sp³-hybridized carbons (Fsp3) is 0.632. The molecule has 0 spiro atoms. The van der Waals surface area contributed by atoms with Crippen LogP contribution in [0.25, 0.3) is 10.9 Å². The Morgan fingerprint density at radius 2 is 1.93 bits per heavy atom. The predicted molar refractivity (Wildman–Crippen MR) is 103 cm³/mol. The Balaban J connectivity index is 1.44. The third-order valence-corrected chi connectivity index (χ3v) is 6.11. The number of nitrogens with zero attached hydrogens (tertiary/aromatic N) is 4. The van der Waals surface area contributed by atoms with Crippen molar-refractivity contribution in [2.75, 3.05) is 18.8 Å². The number of aromatic nitrogens is 3. The van der Waals surface area contributed by atoms with Crippen LogP contribution in [0.2, 0.25) is 5.15 Å². The number of hydrogen-bond acceptors (Lipinski definition) is 5. The van der Waals surface area contributed by atoms with Crippen molar-refractivity contribution < 1.29 is 13.9 Å². The van der Waals surface area contributed by atoms with Gasteiger partial charge in [-0.05, 0) is 45.4 Å². The summed E-state index contributed by atoms with van der Waals surface area (Å²) in [6.07, 6.45) is 1.66. The summed E-state index contributed by atoms with van der Waals surface area (Å²) in [5.41, 5.74) is 6.76. The number of ether oxygens (including phenoxy) is 1. The molecule has 0 radical (unpaired) electrons. The Morgan fingerprint density at radius 3 is 2.50 bits per heavy atom. The fourth-order valence-corrected chi connectivity index (χ4v) is 4.63. The number of fused-ring (bicyclic) bond motifs is 2. The Bertz CT molecular complexity index is 985. The minimum atomic E-state index is -0.558. The highest BCUT2D eigenvalue weighted by Crippen LogP contribution is 2.60. The molecule has 3 atom stereocenters. The quantitative estimate of drug-likeness (QED) is 0.766. The number of pyridine rings is 1. The molecule has 2 saturated carbocycles. The first kappa shape index (κ1) is 18.0. The maximum absolute atomic E-state index is 14.8. The molecule has 1 saturated heterocycles. The van der Waals surface area contributed by atoms with Crippen LogP contribution in [0.15, 0.2) is 0 Å². The minimum Gasteiger partial charge on any atom is -0.444 e. The van der Waals surface area contributed by atoms with Crippen molar-refractivity contribution in [1.82, 2.24) is 19.7 Å². The zero-order valence-electron chi connectivity index (χ0n) is 16.1. The SMILES string of the molecule is CC(C)(C)OC(=O)N1C[C@@H]2C(c3nn(C4CC4)c4c(F)c(Cl)nc(N)c34)[C@@H]2C1. The molecule has 1 amide bonds. The average Bonchev–Trinajstić information content (AvgIpc) is 3.47. The maximum atomic E-state index is 14.8. The van der Waals surface area contributed by atoms with E-state index in [-0.39, 0.29) is 40.9 Å². The number of amides is 1. The largest absolute Gasteiger partial charge is 0.444 e. The van der Waals surface area contributed by atoms with Crippen LogP contribution in [0.4, 0.5) is 15.0 Å². The van der Waals surface area contributed by atoms with Gasteiger partial charge in [0.2, 0.25) is 0 Å². The number of likely N-dealkylation sites (tertiary alicyclic amines) is 1. The van der Waals surface area contributed by atoms with Crippen molar-refractivity contribution in [3.05, 3.63) is 16.7 Å². The summed E-state index contributed by atoms with van der Waals surface area (Å²) in [4.78, 5) is 18.0. The summed E-state index contributed by atoms with van der Waals surface area (Å²) >= 11 is 5.93. The van der Waals surface area contributed by atoms with Gasteiger partial charge < -0.3 is 15.4 Å². The average molecular weight is 408 g/mol. The van der Waals surface area contributed by atoms with Crippen LogP contribution in [-0.2, 0) is 4.74 Å². The highest BCUT2D eigenvalue weighted by Gasteiger charge is 2.59. The number of rotatable bonds is 2. The zero-order valence-corrected chi connectivity index (χ0v) is 16.8. The summed E-state index contributed by atoms with van der Waals surface area (Å²) < 4.78 is 22.0. The van der Waals surface area contributed by atoms with E-state index in [4.69, 9.17) is 27.2 Å². The van der Waals surface area contributed by atoms with Crippen molar-refractivity contribution in [2.45, 2.75) is 51.2 Å². The van der Waals surface area contributed by atoms with Crippen molar-refractivity contribution in [3.8, 4) is 0 Å². The molecule has 3 aliphatic rings. The van der Waals surface area contributed by atoms with Crippen molar-refractivity contribution in [3.63, 3.8) is 0 Å². The summed E-state index contributed by atoms with van der Waals surface area (Å²) in [5, 5.41) is 5.11. The number of hydrogen-bond donors (Lipinski definition) is 1. The van der Waals surface area contributed by atoms with Gasteiger partial charge >= 0.3 is 6.09 Å². The molecule has 3 fully saturated rings. The van der Waals surface area contributed by atoms with Crippen molar-refractivity contribution >= 4 is 34.4 Å².